The fourth-order valence-corrected chi connectivity index (χ4v) is 1.57. The molecule has 0 bridgehead atoms. The Kier molecular flexibility index (Phi) is 6.82. The van der Waals surface area contributed by atoms with Gasteiger partial charge in [0.1, 0.15) is 17.4 Å². The van der Waals surface area contributed by atoms with Crippen LogP contribution in [0.1, 0.15) is 27.2 Å². The molecule has 1 unspecified atom stereocenters. The number of nitrogens with one attached hydrogen (secondary N) is 2. The molecule has 0 radical (unpaired) electrons. The van der Waals surface area contributed by atoms with Gasteiger partial charge in [-0.15, -0.1) is 0 Å². The van der Waals surface area contributed by atoms with Crippen molar-refractivity contribution in [3.05, 3.63) is 36.0 Å². The van der Waals surface area contributed by atoms with Gasteiger partial charge in [-0.05, 0) is 32.4 Å². The normalized spacial score (nSPS) is 12.2. The minimum absolute atomic E-state index is 0.0293. The third-order valence-corrected chi connectivity index (χ3v) is 2.91. The van der Waals surface area contributed by atoms with Gasteiger partial charge in [0.2, 0.25) is 0 Å². The van der Waals surface area contributed by atoms with E-state index < -0.39 is 0 Å². The zero-order chi connectivity index (χ0) is 15.7. The highest BCUT2D eigenvalue weighted by Crippen LogP contribution is 2.23. The third-order valence-electron chi connectivity index (χ3n) is 2.91. The number of rotatable bonds is 7. The number of benzene rings is 1. The first-order valence-corrected chi connectivity index (χ1v) is 7.01. The molecule has 1 atom stereocenters. The molecule has 5 heteroatoms. The predicted octanol–water partition coefficient (Wildman–Crippen LogP) is 2.82. The third kappa shape index (κ3) is 5.19. The van der Waals surface area contributed by atoms with E-state index in [0.29, 0.717) is 18.0 Å². The van der Waals surface area contributed by atoms with Crippen molar-refractivity contribution in [3.8, 4) is 11.8 Å². The number of nitrogens with zero attached hydrogens (tertiary/aromatic N) is 1. The Morgan fingerprint density at radius 3 is 2.76 bits per heavy atom. The Hall–Kier alpha value is -2.48. The summed E-state index contributed by atoms with van der Waals surface area (Å²) in [6.07, 6.45) is 2.21. The Bertz CT molecular complexity index is 547. The Balaban J connectivity index is 2.82. The number of amides is 1. The molecule has 0 fully saturated rings. The highest BCUT2D eigenvalue weighted by atomic mass is 16.5. The molecule has 0 saturated heterocycles. The number of hydrogen-bond donors (Lipinski definition) is 2. The molecule has 0 heterocycles. The van der Waals surface area contributed by atoms with Crippen molar-refractivity contribution in [3.63, 3.8) is 0 Å². The maximum atomic E-state index is 11.9. The number of hydrogen-bond acceptors (Lipinski definition) is 4. The summed E-state index contributed by atoms with van der Waals surface area (Å²) in [7, 11) is 0. The predicted molar refractivity (Wildman–Crippen MR) is 82.8 cm³/mol. The van der Waals surface area contributed by atoms with Crippen LogP contribution in [0.2, 0.25) is 0 Å². The molecule has 1 aromatic rings. The molecule has 5 nitrogen and oxygen atoms in total. The molecule has 0 aliphatic heterocycles. The lowest BCUT2D eigenvalue weighted by molar-refractivity contribution is -0.117. The second-order valence-electron chi connectivity index (χ2n) is 4.53. The van der Waals surface area contributed by atoms with Gasteiger partial charge in [0.15, 0.2) is 0 Å². The smallest absolute Gasteiger partial charge is 0.263 e. The summed E-state index contributed by atoms with van der Waals surface area (Å²) >= 11 is 0. The highest BCUT2D eigenvalue weighted by Gasteiger charge is 2.11. The van der Waals surface area contributed by atoms with Crippen LogP contribution in [-0.2, 0) is 4.79 Å². The first kappa shape index (κ1) is 16.6. The average Bonchev–Trinajstić information content (AvgIpc) is 2.49. The van der Waals surface area contributed by atoms with Crippen LogP contribution >= 0.6 is 0 Å². The van der Waals surface area contributed by atoms with Crippen LogP contribution in [0.3, 0.4) is 0 Å². The van der Waals surface area contributed by atoms with E-state index in [4.69, 9.17) is 10.00 Å². The summed E-state index contributed by atoms with van der Waals surface area (Å²) in [5.74, 6) is 0.295. The van der Waals surface area contributed by atoms with Crippen LogP contribution in [0.4, 0.5) is 5.69 Å². The Morgan fingerprint density at radius 1 is 1.43 bits per heavy atom. The highest BCUT2D eigenvalue weighted by molar-refractivity contribution is 5.97. The molecular weight excluding hydrogens is 266 g/mol. The van der Waals surface area contributed by atoms with Gasteiger partial charge < -0.3 is 15.4 Å². The summed E-state index contributed by atoms with van der Waals surface area (Å²) in [5.41, 5.74) is 0.741. The zero-order valence-corrected chi connectivity index (χ0v) is 12.6. The van der Waals surface area contributed by atoms with Crippen LogP contribution in [0, 0.1) is 11.3 Å². The van der Waals surface area contributed by atoms with Gasteiger partial charge in [-0.1, -0.05) is 19.1 Å². The molecule has 1 aromatic carbocycles. The molecular formula is C16H21N3O2. The zero-order valence-electron chi connectivity index (χ0n) is 12.6. The average molecular weight is 287 g/mol. The van der Waals surface area contributed by atoms with E-state index >= 15 is 0 Å². The van der Waals surface area contributed by atoms with Crippen LogP contribution in [0.25, 0.3) is 0 Å². The molecule has 0 saturated carbocycles. The Morgan fingerprint density at radius 2 is 2.14 bits per heavy atom. The topological polar surface area (TPSA) is 74.1 Å². The van der Waals surface area contributed by atoms with E-state index in [-0.39, 0.29) is 17.5 Å². The number of ether oxygens (including phenoxy) is 1. The molecule has 21 heavy (non-hydrogen) atoms. The first-order chi connectivity index (χ1) is 10.1. The van der Waals surface area contributed by atoms with Gasteiger partial charge in [-0.25, -0.2) is 0 Å². The first-order valence-electron chi connectivity index (χ1n) is 7.01. The molecule has 1 amide bonds. The fourth-order valence-electron chi connectivity index (χ4n) is 1.57. The summed E-state index contributed by atoms with van der Waals surface area (Å²) in [6.45, 7) is 6.30. The molecule has 112 valence electrons. The van der Waals surface area contributed by atoms with Crippen LogP contribution < -0.4 is 15.4 Å². The van der Waals surface area contributed by atoms with Crippen molar-refractivity contribution in [1.29, 1.82) is 5.26 Å². The quantitative estimate of drug-likeness (QED) is 0.597. The second kappa shape index (κ2) is 8.64. The number of para-hydroxylation sites is 2. The summed E-state index contributed by atoms with van der Waals surface area (Å²) < 4.78 is 5.47. The van der Waals surface area contributed by atoms with Gasteiger partial charge in [0, 0.05) is 12.2 Å². The molecule has 0 aliphatic carbocycles. The summed E-state index contributed by atoms with van der Waals surface area (Å²) in [4.78, 5) is 11.9. The largest absolute Gasteiger partial charge is 0.492 e. The van der Waals surface area contributed by atoms with Gasteiger partial charge in [-0.3, -0.25) is 4.79 Å². The number of carbonyl (C=O) groups is 1. The molecule has 0 aromatic heterocycles. The van der Waals surface area contributed by atoms with Gasteiger partial charge in [0.25, 0.3) is 5.91 Å². The molecule has 0 spiro atoms. The van der Waals surface area contributed by atoms with Crippen LogP contribution in [-0.4, -0.2) is 18.6 Å². The minimum atomic E-state index is -0.381. The SMILES string of the molecule is CCOc1ccccc1N/C=C(/C#N)C(=O)NC(C)CC. The van der Waals surface area contributed by atoms with Crippen molar-refractivity contribution >= 4 is 11.6 Å². The fraction of sp³-hybridized carbons (Fsp3) is 0.375. The van der Waals surface area contributed by atoms with Gasteiger partial charge >= 0.3 is 0 Å². The number of anilines is 1. The van der Waals surface area contributed by atoms with Gasteiger partial charge in [-0.2, -0.15) is 5.26 Å². The van der Waals surface area contributed by atoms with E-state index in [1.807, 2.05) is 51.1 Å². The Labute approximate surface area is 125 Å². The molecule has 2 N–H and O–H groups in total. The minimum Gasteiger partial charge on any atom is -0.492 e. The lowest BCUT2D eigenvalue weighted by atomic mass is 10.2. The monoisotopic (exact) mass is 287 g/mol. The van der Waals surface area contributed by atoms with E-state index in [1.165, 1.54) is 6.20 Å². The van der Waals surface area contributed by atoms with E-state index in [9.17, 15) is 4.79 Å². The maximum Gasteiger partial charge on any atom is 0.263 e. The van der Waals surface area contributed by atoms with Crippen molar-refractivity contribution < 1.29 is 9.53 Å². The molecule has 1 rings (SSSR count). The summed E-state index contributed by atoms with van der Waals surface area (Å²) in [5, 5.41) is 14.8. The van der Waals surface area contributed by atoms with Crippen molar-refractivity contribution in [2.45, 2.75) is 33.2 Å². The van der Waals surface area contributed by atoms with Gasteiger partial charge in [0.05, 0.1) is 12.3 Å². The maximum absolute atomic E-state index is 11.9. The van der Waals surface area contributed by atoms with E-state index in [0.717, 1.165) is 6.42 Å². The number of nitriles is 1. The van der Waals surface area contributed by atoms with Crippen LogP contribution in [0.15, 0.2) is 36.0 Å². The lowest BCUT2D eigenvalue weighted by Gasteiger charge is -2.12. The number of carbonyl (C=O) groups excluding carboxylic acids is 1. The molecule has 0 aliphatic rings. The van der Waals surface area contributed by atoms with Crippen molar-refractivity contribution in [2.24, 2.45) is 0 Å². The standard InChI is InChI=1S/C16H21N3O2/c1-4-12(3)19-16(20)13(10-17)11-18-14-8-6-7-9-15(14)21-5-2/h6-9,11-12,18H,4-5H2,1-3H3,(H,19,20)/b13-11-. The van der Waals surface area contributed by atoms with E-state index in [1.54, 1.807) is 0 Å². The van der Waals surface area contributed by atoms with Crippen molar-refractivity contribution in [2.75, 3.05) is 11.9 Å². The van der Waals surface area contributed by atoms with Crippen molar-refractivity contribution in [1.82, 2.24) is 5.32 Å². The van der Waals surface area contributed by atoms with E-state index in [2.05, 4.69) is 10.6 Å². The second-order valence-corrected chi connectivity index (χ2v) is 4.53. The van der Waals surface area contributed by atoms with Crippen LogP contribution in [0.5, 0.6) is 5.75 Å². The lowest BCUT2D eigenvalue weighted by Crippen LogP contribution is -2.33. The summed E-state index contributed by atoms with van der Waals surface area (Å²) in [6, 6.07) is 9.29.